The number of carbonyl (C=O) groups is 1. The van der Waals surface area contributed by atoms with Crippen LogP contribution in [0.3, 0.4) is 0 Å². The van der Waals surface area contributed by atoms with Crippen LogP contribution < -0.4 is 5.32 Å². The van der Waals surface area contributed by atoms with Gasteiger partial charge < -0.3 is 19.4 Å². The van der Waals surface area contributed by atoms with Gasteiger partial charge in [0.15, 0.2) is 5.76 Å². The Morgan fingerprint density at radius 1 is 1.23 bits per heavy atom. The maximum absolute atomic E-state index is 12.2. The van der Waals surface area contributed by atoms with E-state index in [-0.39, 0.29) is 17.6 Å². The first-order chi connectivity index (χ1) is 12.7. The number of nitrogens with zero attached hydrogens (tertiary/aromatic N) is 1. The fourth-order valence-electron chi connectivity index (χ4n) is 4.15. The number of furan rings is 1. The summed E-state index contributed by atoms with van der Waals surface area (Å²) in [6.45, 7) is 3.77. The third-order valence-corrected chi connectivity index (χ3v) is 5.53. The van der Waals surface area contributed by atoms with Gasteiger partial charge in [-0.3, -0.25) is 4.79 Å². The average Bonchev–Trinajstić information content (AvgIpc) is 3.32. The van der Waals surface area contributed by atoms with Crippen molar-refractivity contribution in [3.8, 4) is 0 Å². The zero-order valence-corrected chi connectivity index (χ0v) is 15.0. The largest absolute Gasteiger partial charge is 0.459 e. The molecule has 5 nitrogen and oxygen atoms in total. The van der Waals surface area contributed by atoms with Crippen LogP contribution in [0.2, 0.25) is 0 Å². The third-order valence-electron chi connectivity index (χ3n) is 5.53. The number of benzene rings is 1. The maximum atomic E-state index is 12.2. The summed E-state index contributed by atoms with van der Waals surface area (Å²) in [4.78, 5) is 14.7. The second-order valence-electron chi connectivity index (χ2n) is 7.43. The van der Waals surface area contributed by atoms with Crippen molar-refractivity contribution in [1.82, 2.24) is 10.2 Å². The van der Waals surface area contributed by atoms with Gasteiger partial charge in [-0.25, -0.2) is 0 Å². The number of likely N-dealkylation sites (tertiary alicyclic amines) is 1. The molecular weight excluding hydrogens is 328 g/mol. The minimum atomic E-state index is -0.129. The standard InChI is InChI=1S/C21H26N2O3/c24-20(19-7-4-13-25-19)22-18-9-14-26-21(15-18)10-12-23(16-21)11-8-17-5-2-1-3-6-17/h1-7,13,18H,8-12,14-16H2,(H,22,24)/t18-,21+/m0/s1. The quantitative estimate of drug-likeness (QED) is 0.897. The van der Waals surface area contributed by atoms with E-state index >= 15 is 0 Å². The predicted octanol–water partition coefficient (Wildman–Crippen LogP) is 2.88. The average molecular weight is 354 g/mol. The van der Waals surface area contributed by atoms with E-state index in [1.165, 1.54) is 11.8 Å². The van der Waals surface area contributed by atoms with Crippen LogP contribution in [0.1, 0.15) is 35.4 Å². The van der Waals surface area contributed by atoms with Gasteiger partial charge in [0.1, 0.15) is 0 Å². The highest BCUT2D eigenvalue weighted by Crippen LogP contribution is 2.34. The highest BCUT2D eigenvalue weighted by molar-refractivity contribution is 5.91. The van der Waals surface area contributed by atoms with Gasteiger partial charge in [-0.15, -0.1) is 0 Å². The highest BCUT2D eigenvalue weighted by atomic mass is 16.5. The smallest absolute Gasteiger partial charge is 0.287 e. The molecule has 4 rings (SSSR count). The Hall–Kier alpha value is -2.11. The monoisotopic (exact) mass is 354 g/mol. The molecule has 2 saturated heterocycles. The highest BCUT2D eigenvalue weighted by Gasteiger charge is 2.43. The number of ether oxygens (including phenoxy) is 1. The van der Waals surface area contributed by atoms with E-state index in [0.717, 1.165) is 45.3 Å². The molecular formula is C21H26N2O3. The second kappa shape index (κ2) is 7.64. The van der Waals surface area contributed by atoms with E-state index in [2.05, 4.69) is 40.5 Å². The van der Waals surface area contributed by atoms with Gasteiger partial charge in [0, 0.05) is 32.3 Å². The second-order valence-corrected chi connectivity index (χ2v) is 7.43. The van der Waals surface area contributed by atoms with Gasteiger partial charge in [-0.05, 0) is 43.4 Å². The Morgan fingerprint density at radius 3 is 2.92 bits per heavy atom. The van der Waals surface area contributed by atoms with Crippen LogP contribution in [0, 0.1) is 0 Å². The molecule has 2 fully saturated rings. The molecule has 1 N–H and O–H groups in total. The van der Waals surface area contributed by atoms with Crippen LogP contribution in [-0.2, 0) is 11.2 Å². The van der Waals surface area contributed by atoms with Crippen LogP contribution in [0.5, 0.6) is 0 Å². The molecule has 3 heterocycles. The van der Waals surface area contributed by atoms with Crippen molar-refractivity contribution in [2.45, 2.75) is 37.3 Å². The fraction of sp³-hybridized carbons (Fsp3) is 0.476. The zero-order valence-electron chi connectivity index (χ0n) is 15.0. The summed E-state index contributed by atoms with van der Waals surface area (Å²) in [6, 6.07) is 14.2. The number of carbonyl (C=O) groups excluding carboxylic acids is 1. The van der Waals surface area contributed by atoms with Gasteiger partial charge in [0.2, 0.25) is 0 Å². The van der Waals surface area contributed by atoms with Crippen molar-refractivity contribution < 1.29 is 13.9 Å². The molecule has 0 aliphatic carbocycles. The van der Waals surface area contributed by atoms with Crippen molar-refractivity contribution >= 4 is 5.91 Å². The van der Waals surface area contributed by atoms with Gasteiger partial charge in [-0.2, -0.15) is 0 Å². The lowest BCUT2D eigenvalue weighted by atomic mass is 9.89. The van der Waals surface area contributed by atoms with Crippen molar-refractivity contribution in [1.29, 1.82) is 0 Å². The van der Waals surface area contributed by atoms with Crippen molar-refractivity contribution in [3.63, 3.8) is 0 Å². The molecule has 2 aromatic rings. The zero-order chi connectivity index (χ0) is 17.8. The van der Waals surface area contributed by atoms with E-state index in [0.29, 0.717) is 12.4 Å². The van der Waals surface area contributed by atoms with E-state index in [9.17, 15) is 4.79 Å². The van der Waals surface area contributed by atoms with Crippen LogP contribution in [0.4, 0.5) is 0 Å². The summed E-state index contributed by atoms with van der Waals surface area (Å²) < 4.78 is 11.4. The van der Waals surface area contributed by atoms with Crippen LogP contribution in [-0.4, -0.2) is 48.7 Å². The number of hydrogen-bond acceptors (Lipinski definition) is 4. The molecule has 2 aliphatic heterocycles. The Kier molecular flexibility index (Phi) is 5.09. The normalized spacial score (nSPS) is 26.2. The molecule has 0 radical (unpaired) electrons. The van der Waals surface area contributed by atoms with Crippen molar-refractivity contribution in [2.75, 3.05) is 26.2 Å². The number of rotatable bonds is 5. The van der Waals surface area contributed by atoms with Crippen LogP contribution in [0.15, 0.2) is 53.1 Å². The minimum absolute atomic E-state index is 0.115. The molecule has 0 bridgehead atoms. The molecule has 2 atom stereocenters. The van der Waals surface area contributed by atoms with Gasteiger partial charge >= 0.3 is 0 Å². The van der Waals surface area contributed by atoms with E-state index in [1.54, 1.807) is 12.1 Å². The molecule has 0 saturated carbocycles. The van der Waals surface area contributed by atoms with Crippen molar-refractivity contribution in [3.05, 3.63) is 60.1 Å². The summed E-state index contributed by atoms with van der Waals surface area (Å²) in [6.07, 6.45) is 5.37. The van der Waals surface area contributed by atoms with E-state index < -0.39 is 0 Å². The summed E-state index contributed by atoms with van der Waals surface area (Å²) in [5, 5.41) is 3.11. The molecule has 0 unspecified atom stereocenters. The SMILES string of the molecule is O=C(N[C@H]1CCO[C@]2(CCN(CCc3ccccc3)C2)C1)c1ccco1. The Balaban J connectivity index is 1.30. The first-order valence-electron chi connectivity index (χ1n) is 9.47. The molecule has 138 valence electrons. The molecule has 1 aromatic heterocycles. The number of nitrogens with one attached hydrogen (secondary N) is 1. The lowest BCUT2D eigenvalue weighted by Gasteiger charge is -2.38. The molecule has 5 heteroatoms. The lowest BCUT2D eigenvalue weighted by molar-refractivity contribution is -0.0789. The first-order valence-corrected chi connectivity index (χ1v) is 9.47. The molecule has 1 spiro atoms. The fourth-order valence-corrected chi connectivity index (χ4v) is 4.15. The Labute approximate surface area is 154 Å². The molecule has 2 aliphatic rings. The van der Waals surface area contributed by atoms with Crippen LogP contribution >= 0.6 is 0 Å². The predicted molar refractivity (Wildman–Crippen MR) is 99.1 cm³/mol. The van der Waals surface area contributed by atoms with Gasteiger partial charge in [-0.1, -0.05) is 30.3 Å². The first kappa shape index (κ1) is 17.3. The number of hydrogen-bond donors (Lipinski definition) is 1. The summed E-state index contributed by atoms with van der Waals surface area (Å²) in [5.41, 5.74) is 1.26. The van der Waals surface area contributed by atoms with Crippen LogP contribution in [0.25, 0.3) is 0 Å². The Bertz CT molecular complexity index is 716. The maximum Gasteiger partial charge on any atom is 0.287 e. The summed E-state index contributed by atoms with van der Waals surface area (Å²) in [7, 11) is 0. The van der Waals surface area contributed by atoms with Gasteiger partial charge in [0.25, 0.3) is 5.91 Å². The molecule has 26 heavy (non-hydrogen) atoms. The minimum Gasteiger partial charge on any atom is -0.459 e. The molecule has 1 aromatic carbocycles. The summed E-state index contributed by atoms with van der Waals surface area (Å²) >= 11 is 0. The lowest BCUT2D eigenvalue weighted by Crippen LogP contribution is -2.50. The van der Waals surface area contributed by atoms with Crippen molar-refractivity contribution in [2.24, 2.45) is 0 Å². The van der Waals surface area contributed by atoms with Gasteiger partial charge in [0.05, 0.1) is 11.9 Å². The van der Waals surface area contributed by atoms with E-state index in [4.69, 9.17) is 9.15 Å². The topological polar surface area (TPSA) is 54.7 Å². The summed E-state index contributed by atoms with van der Waals surface area (Å²) in [5.74, 6) is 0.248. The Morgan fingerprint density at radius 2 is 2.12 bits per heavy atom. The number of amides is 1. The molecule has 1 amide bonds. The van der Waals surface area contributed by atoms with E-state index in [1.807, 2.05) is 0 Å². The third kappa shape index (κ3) is 4.00.